The van der Waals surface area contributed by atoms with Crippen molar-refractivity contribution in [3.63, 3.8) is 0 Å². The summed E-state index contributed by atoms with van der Waals surface area (Å²) in [5.41, 5.74) is 1.25. The summed E-state index contributed by atoms with van der Waals surface area (Å²) in [4.78, 5) is 31.9. The van der Waals surface area contributed by atoms with Gasteiger partial charge in [0.05, 0.1) is 32.5 Å². The van der Waals surface area contributed by atoms with E-state index in [0.717, 1.165) is 19.6 Å². The third kappa shape index (κ3) is 5.46. The fourth-order valence-corrected chi connectivity index (χ4v) is 4.34. The van der Waals surface area contributed by atoms with Crippen LogP contribution in [0.25, 0.3) is 0 Å². The van der Waals surface area contributed by atoms with Crippen LogP contribution in [-0.2, 0) is 4.74 Å². The Labute approximate surface area is 194 Å². The van der Waals surface area contributed by atoms with Crippen LogP contribution in [0.1, 0.15) is 20.7 Å². The van der Waals surface area contributed by atoms with E-state index in [4.69, 9.17) is 14.2 Å². The molecule has 0 radical (unpaired) electrons. The predicted octanol–water partition coefficient (Wildman–Crippen LogP) is 2.00. The number of hydrogen-bond acceptors (Lipinski definition) is 6. The molecule has 8 heteroatoms. The van der Waals surface area contributed by atoms with Gasteiger partial charge in [0, 0.05) is 57.4 Å². The van der Waals surface area contributed by atoms with Crippen molar-refractivity contribution in [3.05, 3.63) is 59.7 Å². The molecular formula is C25H31N3O5. The highest BCUT2D eigenvalue weighted by Gasteiger charge is 2.29. The van der Waals surface area contributed by atoms with Crippen molar-refractivity contribution >= 4 is 11.8 Å². The molecule has 2 aromatic rings. The number of hydrogen-bond donors (Lipinski definition) is 0. The Balaban J connectivity index is 1.29. The van der Waals surface area contributed by atoms with Gasteiger partial charge in [0.15, 0.2) is 0 Å². The minimum absolute atomic E-state index is 0.0321. The summed E-state index contributed by atoms with van der Waals surface area (Å²) >= 11 is 0. The summed E-state index contributed by atoms with van der Waals surface area (Å²) < 4.78 is 16.6. The van der Waals surface area contributed by atoms with Crippen LogP contribution in [-0.4, -0.2) is 99.3 Å². The lowest BCUT2D eigenvalue weighted by Gasteiger charge is -2.39. The van der Waals surface area contributed by atoms with Gasteiger partial charge in [-0.15, -0.1) is 0 Å². The van der Waals surface area contributed by atoms with Gasteiger partial charge in [-0.1, -0.05) is 18.2 Å². The first-order chi connectivity index (χ1) is 16.1. The molecule has 2 heterocycles. The molecule has 0 spiro atoms. The topological polar surface area (TPSA) is 71.6 Å². The van der Waals surface area contributed by atoms with E-state index >= 15 is 0 Å². The van der Waals surface area contributed by atoms with E-state index in [9.17, 15) is 9.59 Å². The van der Waals surface area contributed by atoms with Crippen molar-refractivity contribution < 1.29 is 23.8 Å². The van der Waals surface area contributed by atoms with E-state index in [2.05, 4.69) is 4.90 Å². The van der Waals surface area contributed by atoms with Gasteiger partial charge in [-0.3, -0.25) is 14.5 Å². The summed E-state index contributed by atoms with van der Waals surface area (Å²) in [5.74, 6) is 1.18. The first kappa shape index (κ1) is 23.1. The molecule has 2 saturated heterocycles. The number of ether oxygens (including phenoxy) is 3. The number of amides is 2. The van der Waals surface area contributed by atoms with Gasteiger partial charge in [-0.2, -0.15) is 0 Å². The maximum Gasteiger partial charge on any atom is 0.257 e. The van der Waals surface area contributed by atoms with Gasteiger partial charge in [0.1, 0.15) is 11.5 Å². The second kappa shape index (κ2) is 10.7. The molecule has 0 N–H and O–H groups in total. The average Bonchev–Trinajstić information content (AvgIpc) is 2.88. The van der Waals surface area contributed by atoms with Crippen LogP contribution >= 0.6 is 0 Å². The zero-order chi connectivity index (χ0) is 23.2. The lowest BCUT2D eigenvalue weighted by Crippen LogP contribution is -2.54. The maximum atomic E-state index is 13.0. The Morgan fingerprint density at radius 3 is 2.36 bits per heavy atom. The number of morpholine rings is 1. The van der Waals surface area contributed by atoms with Crippen molar-refractivity contribution in [1.29, 1.82) is 0 Å². The van der Waals surface area contributed by atoms with Gasteiger partial charge in [-0.05, 0) is 24.3 Å². The third-order valence-electron chi connectivity index (χ3n) is 6.21. The van der Waals surface area contributed by atoms with E-state index in [1.165, 1.54) is 0 Å². The number of carbonyl (C=O) groups is 2. The number of methoxy groups -OCH3 is 2. The number of nitrogens with zero attached hydrogens (tertiary/aromatic N) is 3. The SMILES string of the molecule is COc1ccc(C(=O)N2CCN(CC3CN(C(=O)c4ccccc4)CCO3)CC2)c(OC)c1. The van der Waals surface area contributed by atoms with E-state index in [1.54, 1.807) is 32.4 Å². The summed E-state index contributed by atoms with van der Waals surface area (Å²) in [6, 6.07) is 14.6. The first-order valence-corrected chi connectivity index (χ1v) is 11.3. The molecule has 0 saturated carbocycles. The van der Waals surface area contributed by atoms with Gasteiger partial charge >= 0.3 is 0 Å². The molecule has 4 rings (SSSR count). The third-order valence-corrected chi connectivity index (χ3v) is 6.21. The summed E-state index contributed by atoms with van der Waals surface area (Å²) in [5, 5.41) is 0. The first-order valence-electron chi connectivity index (χ1n) is 11.3. The number of benzene rings is 2. The van der Waals surface area contributed by atoms with Crippen LogP contribution in [0, 0.1) is 0 Å². The van der Waals surface area contributed by atoms with Gasteiger partial charge in [0.2, 0.25) is 0 Å². The van der Waals surface area contributed by atoms with Crippen molar-refractivity contribution in [3.8, 4) is 11.5 Å². The molecule has 8 nitrogen and oxygen atoms in total. The second-order valence-corrected chi connectivity index (χ2v) is 8.27. The van der Waals surface area contributed by atoms with Crippen LogP contribution in [0.5, 0.6) is 11.5 Å². The van der Waals surface area contributed by atoms with Crippen LogP contribution < -0.4 is 9.47 Å². The Morgan fingerprint density at radius 2 is 1.67 bits per heavy atom. The molecule has 33 heavy (non-hydrogen) atoms. The zero-order valence-electron chi connectivity index (χ0n) is 19.2. The highest BCUT2D eigenvalue weighted by molar-refractivity contribution is 5.97. The van der Waals surface area contributed by atoms with Crippen LogP contribution in [0.3, 0.4) is 0 Å². The fraction of sp³-hybridized carbons (Fsp3) is 0.440. The van der Waals surface area contributed by atoms with E-state index < -0.39 is 0 Å². The minimum Gasteiger partial charge on any atom is -0.497 e. The van der Waals surface area contributed by atoms with Crippen molar-refractivity contribution in [2.45, 2.75) is 6.10 Å². The largest absolute Gasteiger partial charge is 0.497 e. The van der Waals surface area contributed by atoms with Crippen LogP contribution in [0.2, 0.25) is 0 Å². The van der Waals surface area contributed by atoms with Crippen LogP contribution in [0.15, 0.2) is 48.5 Å². The molecule has 0 aliphatic carbocycles. The number of rotatable bonds is 6. The second-order valence-electron chi connectivity index (χ2n) is 8.27. The Bertz CT molecular complexity index is 960. The average molecular weight is 454 g/mol. The zero-order valence-corrected chi connectivity index (χ0v) is 19.2. The molecule has 2 aliphatic heterocycles. The molecule has 0 aromatic heterocycles. The molecule has 2 amide bonds. The minimum atomic E-state index is -0.0392. The number of piperazine rings is 1. The smallest absolute Gasteiger partial charge is 0.257 e. The maximum absolute atomic E-state index is 13.0. The molecule has 2 aliphatic rings. The van der Waals surface area contributed by atoms with Crippen molar-refractivity contribution in [1.82, 2.24) is 14.7 Å². The Morgan fingerprint density at radius 1 is 0.909 bits per heavy atom. The van der Waals surface area contributed by atoms with Gasteiger partial charge < -0.3 is 24.0 Å². The normalized spacial score (nSPS) is 19.3. The molecule has 2 fully saturated rings. The van der Waals surface area contributed by atoms with Crippen molar-refractivity contribution in [2.24, 2.45) is 0 Å². The van der Waals surface area contributed by atoms with Crippen LogP contribution in [0.4, 0.5) is 0 Å². The van der Waals surface area contributed by atoms with Gasteiger partial charge in [-0.25, -0.2) is 0 Å². The van der Waals surface area contributed by atoms with E-state index in [-0.39, 0.29) is 17.9 Å². The molecule has 1 atom stereocenters. The molecule has 0 bridgehead atoms. The highest BCUT2D eigenvalue weighted by atomic mass is 16.5. The Hall–Kier alpha value is -3.10. The van der Waals surface area contributed by atoms with E-state index in [0.29, 0.717) is 55.4 Å². The standard InChI is InChI=1S/C25H31N3O5/c1-31-20-8-9-22(23(16-20)32-2)25(30)27-12-10-26(11-13-27)17-21-18-28(14-15-33-21)24(29)19-6-4-3-5-7-19/h3-9,16,21H,10-15,17-18H2,1-2H3. The molecular weight excluding hydrogens is 422 g/mol. The van der Waals surface area contributed by atoms with Crippen molar-refractivity contribution in [2.75, 3.05) is 66.6 Å². The Kier molecular flexibility index (Phi) is 7.47. The molecule has 176 valence electrons. The monoisotopic (exact) mass is 453 g/mol. The summed E-state index contributed by atoms with van der Waals surface area (Å²) in [6.45, 7) is 5.26. The van der Waals surface area contributed by atoms with E-state index in [1.807, 2.05) is 40.1 Å². The predicted molar refractivity (Wildman–Crippen MR) is 124 cm³/mol. The summed E-state index contributed by atoms with van der Waals surface area (Å²) in [7, 11) is 3.14. The fourth-order valence-electron chi connectivity index (χ4n) is 4.34. The number of carbonyl (C=O) groups excluding carboxylic acids is 2. The molecule has 1 unspecified atom stereocenters. The highest BCUT2D eigenvalue weighted by Crippen LogP contribution is 2.26. The lowest BCUT2D eigenvalue weighted by molar-refractivity contribution is -0.0400. The van der Waals surface area contributed by atoms with Gasteiger partial charge in [0.25, 0.3) is 11.8 Å². The lowest BCUT2D eigenvalue weighted by atomic mass is 10.1. The quantitative estimate of drug-likeness (QED) is 0.666. The molecule has 2 aromatic carbocycles. The summed E-state index contributed by atoms with van der Waals surface area (Å²) in [6.07, 6.45) is -0.0321.